The molecule has 1 saturated heterocycles. The maximum atomic E-state index is 5.56. The molecule has 0 atom stereocenters. The Morgan fingerprint density at radius 3 is 2.83 bits per heavy atom. The van der Waals surface area contributed by atoms with Gasteiger partial charge in [0.15, 0.2) is 5.11 Å². The summed E-state index contributed by atoms with van der Waals surface area (Å²) in [5.41, 5.74) is 1.21. The van der Waals surface area contributed by atoms with Crippen molar-refractivity contribution in [2.75, 3.05) is 59.7 Å². The average molecular weight is 338 g/mol. The van der Waals surface area contributed by atoms with E-state index in [9.17, 15) is 0 Å². The minimum Gasteiger partial charge on any atom is -0.383 e. The van der Waals surface area contributed by atoms with Crippen molar-refractivity contribution in [3.63, 3.8) is 0 Å². The van der Waals surface area contributed by atoms with Crippen molar-refractivity contribution in [1.82, 2.24) is 20.1 Å². The Morgan fingerprint density at radius 1 is 1.39 bits per heavy atom. The number of thiocarbonyl (C=S) groups is 1. The van der Waals surface area contributed by atoms with Gasteiger partial charge in [0.1, 0.15) is 0 Å². The van der Waals surface area contributed by atoms with Crippen LogP contribution in [0.4, 0.5) is 0 Å². The minimum atomic E-state index is 0.646. The predicted octanol–water partition coefficient (Wildman–Crippen LogP) is 0.737. The maximum Gasteiger partial charge on any atom is 0.169 e. The van der Waals surface area contributed by atoms with E-state index in [0.29, 0.717) is 6.61 Å². The molecule has 0 saturated carbocycles. The van der Waals surface area contributed by atoms with Crippen molar-refractivity contribution in [2.24, 2.45) is 0 Å². The highest BCUT2D eigenvalue weighted by Crippen LogP contribution is 2.05. The summed E-state index contributed by atoms with van der Waals surface area (Å²) in [5, 5.41) is 4.04. The molecule has 0 bridgehead atoms. The summed E-state index contributed by atoms with van der Waals surface area (Å²) < 4.78 is 10.5. The highest BCUT2D eigenvalue weighted by molar-refractivity contribution is 7.80. The van der Waals surface area contributed by atoms with Crippen molar-refractivity contribution < 1.29 is 9.47 Å². The SMILES string of the molecule is COCCNC(=S)N(CCN1CCOCC1)Cc1ccncc1. The van der Waals surface area contributed by atoms with Crippen molar-refractivity contribution in [3.05, 3.63) is 30.1 Å². The molecule has 1 aliphatic heterocycles. The first-order chi connectivity index (χ1) is 11.3. The summed E-state index contributed by atoms with van der Waals surface area (Å²) in [6.07, 6.45) is 3.63. The van der Waals surface area contributed by atoms with Gasteiger partial charge in [0.05, 0.1) is 19.8 Å². The molecular weight excluding hydrogens is 312 g/mol. The van der Waals surface area contributed by atoms with Gasteiger partial charge in [-0.15, -0.1) is 0 Å². The Kier molecular flexibility index (Phi) is 8.24. The normalized spacial score (nSPS) is 15.3. The Balaban J connectivity index is 1.88. The molecule has 1 fully saturated rings. The van der Waals surface area contributed by atoms with Gasteiger partial charge in [-0.1, -0.05) is 0 Å². The van der Waals surface area contributed by atoms with Gasteiger partial charge >= 0.3 is 0 Å². The molecule has 0 aromatic carbocycles. The summed E-state index contributed by atoms with van der Waals surface area (Å²) in [5.74, 6) is 0. The first-order valence-electron chi connectivity index (χ1n) is 8.00. The second-order valence-electron chi connectivity index (χ2n) is 5.46. The van der Waals surface area contributed by atoms with Gasteiger partial charge in [0.25, 0.3) is 0 Å². The highest BCUT2D eigenvalue weighted by Gasteiger charge is 2.14. The molecule has 6 nitrogen and oxygen atoms in total. The largest absolute Gasteiger partial charge is 0.383 e. The topological polar surface area (TPSA) is 49.9 Å². The molecular formula is C16H26N4O2S. The van der Waals surface area contributed by atoms with E-state index in [-0.39, 0.29) is 0 Å². The lowest BCUT2D eigenvalue weighted by Crippen LogP contribution is -2.46. The van der Waals surface area contributed by atoms with Gasteiger partial charge in [-0.05, 0) is 29.9 Å². The Labute approximate surface area is 143 Å². The van der Waals surface area contributed by atoms with Crippen LogP contribution < -0.4 is 5.32 Å². The van der Waals surface area contributed by atoms with E-state index in [0.717, 1.165) is 57.6 Å². The van der Waals surface area contributed by atoms with Crippen LogP contribution in [-0.2, 0) is 16.0 Å². The van der Waals surface area contributed by atoms with Crippen LogP contribution in [0.3, 0.4) is 0 Å². The third-order valence-electron chi connectivity index (χ3n) is 3.78. The van der Waals surface area contributed by atoms with Gasteiger partial charge in [-0.2, -0.15) is 0 Å². The van der Waals surface area contributed by atoms with Crippen LogP contribution in [0.15, 0.2) is 24.5 Å². The molecule has 7 heteroatoms. The first kappa shape index (κ1) is 18.1. The average Bonchev–Trinajstić information content (AvgIpc) is 2.60. The molecule has 128 valence electrons. The summed E-state index contributed by atoms with van der Waals surface area (Å²) in [4.78, 5) is 8.69. The molecule has 0 spiro atoms. The minimum absolute atomic E-state index is 0.646. The fourth-order valence-corrected chi connectivity index (χ4v) is 2.68. The Bertz CT molecular complexity index is 455. The first-order valence-corrected chi connectivity index (χ1v) is 8.41. The lowest BCUT2D eigenvalue weighted by molar-refractivity contribution is 0.0357. The molecule has 2 rings (SSSR count). The molecule has 23 heavy (non-hydrogen) atoms. The molecule has 1 aromatic rings. The van der Waals surface area contributed by atoms with Crippen molar-refractivity contribution in [3.8, 4) is 0 Å². The van der Waals surface area contributed by atoms with Crippen LogP contribution in [0, 0.1) is 0 Å². The van der Waals surface area contributed by atoms with Crippen LogP contribution >= 0.6 is 12.2 Å². The molecule has 1 aliphatic rings. The summed E-state index contributed by atoms with van der Waals surface area (Å²) in [6, 6.07) is 4.05. The lowest BCUT2D eigenvalue weighted by atomic mass is 10.2. The van der Waals surface area contributed by atoms with Crippen molar-refractivity contribution >= 4 is 17.3 Å². The highest BCUT2D eigenvalue weighted by atomic mass is 32.1. The van der Waals surface area contributed by atoms with Crippen LogP contribution in [0.1, 0.15) is 5.56 Å². The quantitative estimate of drug-likeness (QED) is 0.554. The third-order valence-corrected chi connectivity index (χ3v) is 4.18. The number of nitrogens with zero attached hydrogens (tertiary/aromatic N) is 3. The van der Waals surface area contributed by atoms with E-state index < -0.39 is 0 Å². The second kappa shape index (κ2) is 10.5. The molecule has 0 amide bonds. The van der Waals surface area contributed by atoms with Crippen molar-refractivity contribution in [1.29, 1.82) is 0 Å². The van der Waals surface area contributed by atoms with Gasteiger partial charge in [-0.3, -0.25) is 9.88 Å². The Hall–Kier alpha value is -1.28. The second-order valence-corrected chi connectivity index (χ2v) is 5.84. The number of aromatic nitrogens is 1. The number of methoxy groups -OCH3 is 1. The molecule has 0 aliphatic carbocycles. The van der Waals surface area contributed by atoms with E-state index in [1.165, 1.54) is 5.56 Å². The Morgan fingerprint density at radius 2 is 2.13 bits per heavy atom. The van der Waals surface area contributed by atoms with Crippen LogP contribution in [0.5, 0.6) is 0 Å². The smallest absolute Gasteiger partial charge is 0.169 e. The van der Waals surface area contributed by atoms with Gasteiger partial charge in [0.2, 0.25) is 0 Å². The van der Waals surface area contributed by atoms with Crippen LogP contribution in [0.25, 0.3) is 0 Å². The number of hydrogen-bond donors (Lipinski definition) is 1. The predicted molar refractivity (Wildman–Crippen MR) is 94.4 cm³/mol. The number of ether oxygens (including phenoxy) is 2. The van der Waals surface area contributed by atoms with Gasteiger partial charge in [-0.25, -0.2) is 0 Å². The maximum absolute atomic E-state index is 5.56. The van der Waals surface area contributed by atoms with E-state index in [4.69, 9.17) is 21.7 Å². The van der Waals surface area contributed by atoms with Gasteiger partial charge < -0.3 is 19.7 Å². The number of morpholine rings is 1. The number of nitrogens with one attached hydrogen (secondary N) is 1. The monoisotopic (exact) mass is 338 g/mol. The van der Waals surface area contributed by atoms with Crippen LogP contribution in [-0.4, -0.2) is 79.6 Å². The zero-order chi connectivity index (χ0) is 16.3. The molecule has 0 unspecified atom stereocenters. The zero-order valence-electron chi connectivity index (χ0n) is 13.7. The fraction of sp³-hybridized carbons (Fsp3) is 0.625. The lowest BCUT2D eigenvalue weighted by Gasteiger charge is -2.31. The number of pyridine rings is 1. The fourth-order valence-electron chi connectivity index (χ4n) is 2.42. The third kappa shape index (κ3) is 6.78. The standard InChI is InChI=1S/C16H26N4O2S/c1-21-11-6-18-16(23)20(14-15-2-4-17-5-3-15)8-7-19-9-12-22-13-10-19/h2-5H,6-14H2,1H3,(H,18,23). The van der Waals surface area contributed by atoms with E-state index in [1.807, 2.05) is 24.5 Å². The summed E-state index contributed by atoms with van der Waals surface area (Å²) in [6.45, 7) is 7.65. The number of rotatable bonds is 8. The summed E-state index contributed by atoms with van der Waals surface area (Å²) in [7, 11) is 1.69. The van der Waals surface area contributed by atoms with Crippen molar-refractivity contribution in [2.45, 2.75) is 6.54 Å². The van der Waals surface area contributed by atoms with Gasteiger partial charge in [0, 0.05) is 58.8 Å². The number of hydrogen-bond acceptors (Lipinski definition) is 5. The molecule has 0 radical (unpaired) electrons. The molecule has 1 aromatic heterocycles. The molecule has 2 heterocycles. The van der Waals surface area contributed by atoms with Crippen LogP contribution in [0.2, 0.25) is 0 Å². The molecule has 1 N–H and O–H groups in total. The summed E-state index contributed by atoms with van der Waals surface area (Å²) >= 11 is 5.56. The van der Waals surface area contributed by atoms with E-state index in [2.05, 4.69) is 20.1 Å². The van der Waals surface area contributed by atoms with E-state index >= 15 is 0 Å². The zero-order valence-corrected chi connectivity index (χ0v) is 14.6. The van der Waals surface area contributed by atoms with E-state index in [1.54, 1.807) is 7.11 Å².